The number of urea groups is 1. The molecule has 1 aliphatic rings. The van der Waals surface area contributed by atoms with E-state index in [9.17, 15) is 14.0 Å². The number of ether oxygens (including phenoxy) is 1. The van der Waals surface area contributed by atoms with Gasteiger partial charge in [0.15, 0.2) is 0 Å². The lowest BCUT2D eigenvalue weighted by atomic mass is 10.2. The maximum atomic E-state index is 13.6. The monoisotopic (exact) mass is 371 g/mol. The highest BCUT2D eigenvalue weighted by Crippen LogP contribution is 2.28. The predicted octanol–water partition coefficient (Wildman–Crippen LogP) is 3.15. The molecule has 142 valence electrons. The van der Waals surface area contributed by atoms with E-state index in [1.54, 1.807) is 13.2 Å². The van der Waals surface area contributed by atoms with Gasteiger partial charge in [-0.1, -0.05) is 24.3 Å². The molecule has 0 saturated heterocycles. The third-order valence-corrected chi connectivity index (χ3v) is 4.33. The quantitative estimate of drug-likeness (QED) is 0.784. The molecule has 3 amide bonds. The number of hydrogen-bond donors (Lipinski definition) is 2. The Balaban J connectivity index is 1.53. The van der Waals surface area contributed by atoms with Gasteiger partial charge in [-0.05, 0) is 42.7 Å². The highest BCUT2D eigenvalue weighted by atomic mass is 19.1. The van der Waals surface area contributed by atoms with Crippen LogP contribution in [0, 0.1) is 5.82 Å². The lowest BCUT2D eigenvalue weighted by Crippen LogP contribution is -2.42. The van der Waals surface area contributed by atoms with Gasteiger partial charge in [0, 0.05) is 12.6 Å². The average Bonchev–Trinajstić information content (AvgIpc) is 3.49. The molecule has 1 saturated carbocycles. The number of halogens is 1. The minimum atomic E-state index is -0.745. The van der Waals surface area contributed by atoms with Crippen LogP contribution in [0.3, 0.4) is 0 Å². The maximum absolute atomic E-state index is 13.6. The molecule has 0 aliphatic heterocycles. The molecule has 0 atom stereocenters. The van der Waals surface area contributed by atoms with Crippen molar-refractivity contribution in [2.75, 3.05) is 19.0 Å². The van der Waals surface area contributed by atoms with E-state index in [0.717, 1.165) is 24.2 Å². The molecule has 2 aromatic carbocycles. The second-order valence-electron chi connectivity index (χ2n) is 6.47. The van der Waals surface area contributed by atoms with Gasteiger partial charge in [0.2, 0.25) is 5.91 Å². The first-order valence-corrected chi connectivity index (χ1v) is 8.77. The number of nitrogens with one attached hydrogen (secondary N) is 2. The molecule has 0 radical (unpaired) electrons. The summed E-state index contributed by atoms with van der Waals surface area (Å²) in [5, 5.41) is 4.60. The van der Waals surface area contributed by atoms with Crippen LogP contribution in [0.1, 0.15) is 18.4 Å². The van der Waals surface area contributed by atoms with Crippen molar-refractivity contribution in [3.63, 3.8) is 0 Å². The summed E-state index contributed by atoms with van der Waals surface area (Å²) in [4.78, 5) is 26.2. The van der Waals surface area contributed by atoms with E-state index in [2.05, 4.69) is 10.6 Å². The van der Waals surface area contributed by atoms with Crippen LogP contribution in [0.5, 0.6) is 5.75 Å². The molecule has 27 heavy (non-hydrogen) atoms. The molecular formula is C20H22FN3O3. The fraction of sp³-hybridized carbons (Fsp3) is 0.300. The molecule has 6 nitrogen and oxygen atoms in total. The number of hydrogen-bond acceptors (Lipinski definition) is 4. The van der Waals surface area contributed by atoms with Crippen LogP contribution in [0.15, 0.2) is 48.5 Å². The number of benzene rings is 2. The van der Waals surface area contributed by atoms with E-state index in [0.29, 0.717) is 12.6 Å². The number of rotatable bonds is 7. The Hall–Kier alpha value is -2.93. The summed E-state index contributed by atoms with van der Waals surface area (Å²) in [5.41, 5.74) is 1.09. The molecule has 0 aromatic heterocycles. The molecule has 0 heterocycles. The second kappa shape index (κ2) is 8.64. The number of nitrogens with zero attached hydrogens (tertiary/aromatic N) is 1. The summed E-state index contributed by atoms with van der Waals surface area (Å²) < 4.78 is 18.7. The second-order valence-corrected chi connectivity index (χ2v) is 6.47. The number of methoxy groups -OCH3 is 1. The van der Waals surface area contributed by atoms with Gasteiger partial charge >= 0.3 is 6.03 Å². The summed E-state index contributed by atoms with van der Waals surface area (Å²) in [6.07, 6.45) is 2.07. The zero-order chi connectivity index (χ0) is 19.2. The van der Waals surface area contributed by atoms with Crippen molar-refractivity contribution in [3.05, 3.63) is 59.9 Å². The SMILES string of the molecule is COc1ccc(CN(CC(=O)NC(=O)Nc2ccccc2F)C2CC2)cc1. The normalized spacial score (nSPS) is 13.3. The average molecular weight is 371 g/mol. The summed E-state index contributed by atoms with van der Waals surface area (Å²) in [7, 11) is 1.61. The van der Waals surface area contributed by atoms with E-state index >= 15 is 0 Å². The maximum Gasteiger partial charge on any atom is 0.326 e. The summed E-state index contributed by atoms with van der Waals surface area (Å²) >= 11 is 0. The van der Waals surface area contributed by atoms with Crippen LogP contribution >= 0.6 is 0 Å². The third-order valence-electron chi connectivity index (χ3n) is 4.33. The molecule has 0 bridgehead atoms. The minimum Gasteiger partial charge on any atom is -0.497 e. The van der Waals surface area contributed by atoms with Crippen molar-refractivity contribution in [1.29, 1.82) is 0 Å². The number of amides is 3. The molecular weight excluding hydrogens is 349 g/mol. The first kappa shape index (κ1) is 18.8. The van der Waals surface area contributed by atoms with Gasteiger partial charge in [-0.15, -0.1) is 0 Å². The van der Waals surface area contributed by atoms with E-state index in [-0.39, 0.29) is 12.2 Å². The molecule has 3 rings (SSSR count). The smallest absolute Gasteiger partial charge is 0.326 e. The van der Waals surface area contributed by atoms with E-state index in [1.807, 2.05) is 29.2 Å². The molecule has 0 unspecified atom stereocenters. The van der Waals surface area contributed by atoms with Crippen LogP contribution in [0.2, 0.25) is 0 Å². The van der Waals surface area contributed by atoms with Crippen molar-refractivity contribution in [3.8, 4) is 5.75 Å². The Bertz CT molecular complexity index is 806. The highest BCUT2D eigenvalue weighted by Gasteiger charge is 2.30. The van der Waals surface area contributed by atoms with Gasteiger partial charge in [0.1, 0.15) is 11.6 Å². The number of carbonyl (C=O) groups excluding carboxylic acids is 2. The zero-order valence-electron chi connectivity index (χ0n) is 15.1. The fourth-order valence-corrected chi connectivity index (χ4v) is 2.79. The molecule has 0 spiro atoms. The Morgan fingerprint density at radius 3 is 2.48 bits per heavy atom. The molecule has 2 aromatic rings. The lowest BCUT2D eigenvalue weighted by Gasteiger charge is -2.21. The lowest BCUT2D eigenvalue weighted by molar-refractivity contribution is -0.121. The summed E-state index contributed by atoms with van der Waals surface area (Å²) in [5.74, 6) is -0.206. The number of imide groups is 1. The Kier molecular flexibility index (Phi) is 6.03. The van der Waals surface area contributed by atoms with Crippen molar-refractivity contribution in [2.24, 2.45) is 0 Å². The van der Waals surface area contributed by atoms with Gasteiger partial charge in [-0.3, -0.25) is 15.0 Å². The first-order chi connectivity index (χ1) is 13.0. The Morgan fingerprint density at radius 1 is 1.15 bits per heavy atom. The predicted molar refractivity (Wildman–Crippen MR) is 100.0 cm³/mol. The van der Waals surface area contributed by atoms with Crippen molar-refractivity contribution in [2.45, 2.75) is 25.4 Å². The standard InChI is InChI=1S/C20H22FN3O3/c1-27-16-10-6-14(7-11-16)12-24(15-8-9-15)13-19(25)23-20(26)22-18-5-3-2-4-17(18)21/h2-7,10-11,15H,8-9,12-13H2,1H3,(H2,22,23,25,26). The van der Waals surface area contributed by atoms with Crippen LogP contribution in [-0.4, -0.2) is 36.5 Å². The number of anilines is 1. The van der Waals surface area contributed by atoms with Gasteiger partial charge in [0.25, 0.3) is 0 Å². The minimum absolute atomic E-state index is 0.0279. The van der Waals surface area contributed by atoms with Crippen molar-refractivity contribution in [1.82, 2.24) is 10.2 Å². The highest BCUT2D eigenvalue weighted by molar-refractivity contribution is 6.01. The van der Waals surface area contributed by atoms with Gasteiger partial charge in [0.05, 0.1) is 19.3 Å². The van der Waals surface area contributed by atoms with Gasteiger partial charge in [-0.25, -0.2) is 9.18 Å². The van der Waals surface area contributed by atoms with Crippen LogP contribution < -0.4 is 15.4 Å². The molecule has 1 aliphatic carbocycles. The van der Waals surface area contributed by atoms with Crippen LogP contribution in [-0.2, 0) is 11.3 Å². The van der Waals surface area contributed by atoms with Gasteiger partial charge < -0.3 is 10.1 Å². The summed E-state index contributed by atoms with van der Waals surface area (Å²) in [6, 6.07) is 13.1. The van der Waals surface area contributed by atoms with Gasteiger partial charge in [-0.2, -0.15) is 0 Å². The number of para-hydroxylation sites is 1. The van der Waals surface area contributed by atoms with E-state index in [1.165, 1.54) is 18.2 Å². The summed E-state index contributed by atoms with van der Waals surface area (Å²) in [6.45, 7) is 0.707. The Labute approximate surface area is 157 Å². The van der Waals surface area contributed by atoms with Crippen molar-refractivity contribution >= 4 is 17.6 Å². The first-order valence-electron chi connectivity index (χ1n) is 8.77. The Morgan fingerprint density at radius 2 is 1.85 bits per heavy atom. The largest absolute Gasteiger partial charge is 0.497 e. The van der Waals surface area contributed by atoms with Crippen LogP contribution in [0.25, 0.3) is 0 Å². The zero-order valence-corrected chi connectivity index (χ0v) is 15.1. The molecule has 7 heteroatoms. The van der Waals surface area contributed by atoms with Crippen molar-refractivity contribution < 1.29 is 18.7 Å². The number of carbonyl (C=O) groups is 2. The molecule has 1 fully saturated rings. The van der Waals surface area contributed by atoms with E-state index < -0.39 is 17.8 Å². The van der Waals surface area contributed by atoms with Crippen LogP contribution in [0.4, 0.5) is 14.9 Å². The fourth-order valence-electron chi connectivity index (χ4n) is 2.79. The molecule has 2 N–H and O–H groups in total. The topological polar surface area (TPSA) is 70.7 Å². The van der Waals surface area contributed by atoms with E-state index in [4.69, 9.17) is 4.74 Å². The third kappa shape index (κ3) is 5.52.